The first kappa shape index (κ1) is 15.5. The van der Waals surface area contributed by atoms with Gasteiger partial charge in [0.15, 0.2) is 0 Å². The van der Waals surface area contributed by atoms with Crippen LogP contribution in [-0.4, -0.2) is 23.4 Å². The third kappa shape index (κ3) is 2.92. The fourth-order valence-electron chi connectivity index (χ4n) is 1.83. The van der Waals surface area contributed by atoms with Crippen molar-refractivity contribution in [2.24, 2.45) is 0 Å². The average Bonchev–Trinajstić information content (AvgIpc) is 2.51. The number of phenolic OH excluding ortho intramolecular Hbond substituents is 1. The van der Waals surface area contributed by atoms with Gasteiger partial charge in [0.1, 0.15) is 11.6 Å². The predicted octanol–water partition coefficient (Wildman–Crippen LogP) is 3.94. The Labute approximate surface area is 127 Å². The van der Waals surface area contributed by atoms with Gasteiger partial charge in [0, 0.05) is 11.6 Å². The lowest BCUT2D eigenvalue weighted by Gasteiger charge is -2.32. The molecule has 1 fully saturated rings. The van der Waals surface area contributed by atoms with Crippen LogP contribution in [0.2, 0.25) is 0 Å². The molecule has 1 heterocycles. The molecule has 1 saturated heterocycles. The van der Waals surface area contributed by atoms with E-state index in [0.717, 1.165) is 6.07 Å². The minimum Gasteiger partial charge on any atom is -0.507 e. The first-order chi connectivity index (χ1) is 9.12. The molecule has 0 amide bonds. The molecule has 1 aromatic carbocycles. The molecule has 1 N–H and O–H groups in total. The lowest BCUT2D eigenvalue weighted by Crippen LogP contribution is -2.41. The molecular weight excluding hydrogens is 326 g/mol. The number of aromatic hydroxyl groups is 1. The number of hydrogen-bond donors (Lipinski definition) is 1. The van der Waals surface area contributed by atoms with Gasteiger partial charge in [-0.25, -0.2) is 4.39 Å². The fourth-order valence-corrected chi connectivity index (χ4v) is 2.20. The van der Waals surface area contributed by atoms with Crippen molar-refractivity contribution in [1.82, 2.24) is 0 Å². The van der Waals surface area contributed by atoms with Gasteiger partial charge in [0.05, 0.1) is 15.7 Å². The van der Waals surface area contributed by atoms with E-state index in [1.165, 1.54) is 6.07 Å². The van der Waals surface area contributed by atoms with E-state index in [1.807, 2.05) is 27.7 Å². The highest BCUT2D eigenvalue weighted by Crippen LogP contribution is 2.37. The van der Waals surface area contributed by atoms with Crippen LogP contribution in [0.1, 0.15) is 33.3 Å². The van der Waals surface area contributed by atoms with Crippen LogP contribution in [0.15, 0.2) is 22.6 Å². The molecule has 0 aliphatic carbocycles. The van der Waals surface area contributed by atoms with Gasteiger partial charge in [-0.3, -0.25) is 0 Å². The van der Waals surface area contributed by atoms with Gasteiger partial charge in [0.25, 0.3) is 0 Å². The van der Waals surface area contributed by atoms with E-state index in [9.17, 15) is 9.50 Å². The Balaban J connectivity index is 2.18. The standard InChI is InChI=1S/C14H17BBrFO3/c1-13(2)14(3,4)20-15(19-13)6-5-9-7-10(16)11(17)8-12(9)18/h5-8,18H,1-4H3. The quantitative estimate of drug-likeness (QED) is 0.827. The van der Waals surface area contributed by atoms with E-state index in [1.54, 1.807) is 12.1 Å². The molecule has 108 valence electrons. The maximum absolute atomic E-state index is 13.2. The predicted molar refractivity (Wildman–Crippen MR) is 80.9 cm³/mol. The second kappa shape index (κ2) is 5.17. The summed E-state index contributed by atoms with van der Waals surface area (Å²) in [7, 11) is -0.497. The molecule has 0 atom stereocenters. The fraction of sp³-hybridized carbons (Fsp3) is 0.429. The summed E-state index contributed by atoms with van der Waals surface area (Å²) in [5.74, 6) is 1.07. The number of rotatable bonds is 2. The third-order valence-corrected chi connectivity index (χ3v) is 4.38. The second-order valence-electron chi connectivity index (χ2n) is 5.81. The van der Waals surface area contributed by atoms with Crippen molar-refractivity contribution in [2.75, 3.05) is 0 Å². The summed E-state index contributed by atoms with van der Waals surface area (Å²) in [4.78, 5) is 0. The van der Waals surface area contributed by atoms with Gasteiger partial charge in [-0.2, -0.15) is 0 Å². The molecule has 0 saturated carbocycles. The van der Waals surface area contributed by atoms with Crippen LogP contribution in [-0.2, 0) is 9.31 Å². The summed E-state index contributed by atoms with van der Waals surface area (Å²) in [6.07, 6.45) is 1.65. The lowest BCUT2D eigenvalue weighted by molar-refractivity contribution is 0.00578. The maximum atomic E-state index is 13.2. The van der Waals surface area contributed by atoms with Gasteiger partial charge < -0.3 is 14.4 Å². The SMILES string of the molecule is CC1(C)OB(C=Cc2cc(Br)c(F)cc2O)OC1(C)C. The normalized spacial score (nSPS) is 20.8. The molecule has 0 radical (unpaired) electrons. The van der Waals surface area contributed by atoms with E-state index < -0.39 is 24.1 Å². The van der Waals surface area contributed by atoms with Crippen molar-refractivity contribution < 1.29 is 18.8 Å². The zero-order chi connectivity index (χ0) is 15.1. The van der Waals surface area contributed by atoms with E-state index in [4.69, 9.17) is 9.31 Å². The molecule has 20 heavy (non-hydrogen) atoms. The van der Waals surface area contributed by atoms with Crippen molar-refractivity contribution in [3.8, 4) is 5.75 Å². The summed E-state index contributed by atoms with van der Waals surface area (Å²) in [5, 5.41) is 9.70. The Morgan fingerprint density at radius 1 is 1.20 bits per heavy atom. The molecule has 0 spiro atoms. The van der Waals surface area contributed by atoms with Crippen LogP contribution in [0.4, 0.5) is 4.39 Å². The Hall–Kier alpha value is -0.845. The van der Waals surface area contributed by atoms with Crippen molar-refractivity contribution in [2.45, 2.75) is 38.9 Å². The van der Waals surface area contributed by atoms with Gasteiger partial charge in [-0.05, 0) is 49.7 Å². The number of phenols is 1. The molecule has 1 aromatic rings. The van der Waals surface area contributed by atoms with Gasteiger partial charge in [0.2, 0.25) is 0 Å². The van der Waals surface area contributed by atoms with Crippen LogP contribution in [0, 0.1) is 5.82 Å². The molecule has 1 aliphatic heterocycles. The van der Waals surface area contributed by atoms with Gasteiger partial charge in [-0.15, -0.1) is 0 Å². The first-order valence-corrected chi connectivity index (χ1v) is 7.13. The van der Waals surface area contributed by atoms with Crippen molar-refractivity contribution in [3.63, 3.8) is 0 Å². The smallest absolute Gasteiger partial charge is 0.487 e. The van der Waals surface area contributed by atoms with Gasteiger partial charge >= 0.3 is 7.12 Å². The minimum absolute atomic E-state index is 0.126. The molecule has 1 aliphatic rings. The Morgan fingerprint density at radius 2 is 1.75 bits per heavy atom. The zero-order valence-corrected chi connectivity index (χ0v) is 13.5. The summed E-state index contributed by atoms with van der Waals surface area (Å²) < 4.78 is 25.1. The van der Waals surface area contributed by atoms with Crippen LogP contribution in [0.25, 0.3) is 6.08 Å². The van der Waals surface area contributed by atoms with Crippen LogP contribution in [0.5, 0.6) is 5.75 Å². The Bertz CT molecular complexity index is 542. The summed E-state index contributed by atoms with van der Waals surface area (Å²) in [6.45, 7) is 7.86. The van der Waals surface area contributed by atoms with Crippen LogP contribution >= 0.6 is 15.9 Å². The van der Waals surface area contributed by atoms with Crippen LogP contribution in [0.3, 0.4) is 0 Å². The average molecular weight is 343 g/mol. The Morgan fingerprint density at radius 3 is 2.30 bits per heavy atom. The second-order valence-corrected chi connectivity index (χ2v) is 6.66. The molecule has 0 unspecified atom stereocenters. The lowest BCUT2D eigenvalue weighted by atomic mass is 9.89. The third-order valence-electron chi connectivity index (χ3n) is 3.77. The van der Waals surface area contributed by atoms with Crippen LogP contribution < -0.4 is 0 Å². The molecular formula is C14H17BBrFO3. The molecule has 3 nitrogen and oxygen atoms in total. The maximum Gasteiger partial charge on any atom is 0.487 e. The first-order valence-electron chi connectivity index (χ1n) is 6.34. The number of hydrogen-bond acceptors (Lipinski definition) is 3. The molecule has 2 rings (SSSR count). The summed E-state index contributed by atoms with van der Waals surface area (Å²) in [5.41, 5.74) is -0.325. The van der Waals surface area contributed by atoms with Gasteiger partial charge in [-0.1, -0.05) is 12.1 Å². The largest absolute Gasteiger partial charge is 0.507 e. The highest BCUT2D eigenvalue weighted by molar-refractivity contribution is 9.10. The van der Waals surface area contributed by atoms with E-state index >= 15 is 0 Å². The summed E-state index contributed by atoms with van der Waals surface area (Å²) >= 11 is 3.09. The van der Waals surface area contributed by atoms with Crippen molar-refractivity contribution in [3.05, 3.63) is 34.0 Å². The topological polar surface area (TPSA) is 38.7 Å². The molecule has 6 heteroatoms. The summed E-state index contributed by atoms with van der Waals surface area (Å²) in [6, 6.07) is 2.57. The van der Waals surface area contributed by atoms with E-state index in [0.29, 0.717) is 10.0 Å². The van der Waals surface area contributed by atoms with Crippen molar-refractivity contribution >= 4 is 29.1 Å². The zero-order valence-electron chi connectivity index (χ0n) is 11.9. The molecule has 0 aromatic heterocycles. The highest BCUT2D eigenvalue weighted by Gasteiger charge is 2.49. The van der Waals surface area contributed by atoms with E-state index in [-0.39, 0.29) is 5.75 Å². The number of benzene rings is 1. The minimum atomic E-state index is -0.504. The number of halogens is 2. The van der Waals surface area contributed by atoms with E-state index in [2.05, 4.69) is 15.9 Å². The Kier molecular flexibility index (Phi) is 4.02. The monoisotopic (exact) mass is 342 g/mol. The highest BCUT2D eigenvalue weighted by atomic mass is 79.9. The molecule has 0 bridgehead atoms. The van der Waals surface area contributed by atoms with Crippen molar-refractivity contribution in [1.29, 1.82) is 0 Å².